The molecule has 1 N–H and O–H groups in total. The molecule has 0 unspecified atom stereocenters. The molecule has 1 aromatic rings. The van der Waals surface area contributed by atoms with Crippen LogP contribution in [0.3, 0.4) is 0 Å². The van der Waals surface area contributed by atoms with Crippen LogP contribution in [0.1, 0.15) is 12.8 Å². The van der Waals surface area contributed by atoms with E-state index >= 15 is 0 Å². The Morgan fingerprint density at radius 1 is 1.31 bits per heavy atom. The Bertz CT molecular complexity index is 242. The third kappa shape index (κ3) is 2.46. The normalized spacial score (nSPS) is 18.5. The lowest BCUT2D eigenvalue weighted by molar-refractivity contribution is 0.0904. The number of para-hydroxylation sites is 1. The fourth-order valence-corrected chi connectivity index (χ4v) is 1.54. The van der Waals surface area contributed by atoms with Crippen molar-refractivity contribution in [2.75, 3.05) is 18.5 Å². The van der Waals surface area contributed by atoms with Crippen LogP contribution >= 0.6 is 0 Å². The summed E-state index contributed by atoms with van der Waals surface area (Å²) >= 11 is 0. The van der Waals surface area contributed by atoms with Crippen molar-refractivity contribution < 1.29 is 4.74 Å². The molecule has 2 rings (SSSR count). The number of ether oxygens (including phenoxy) is 1. The summed E-state index contributed by atoms with van der Waals surface area (Å²) in [5.41, 5.74) is 1.09. The third-order valence-corrected chi connectivity index (χ3v) is 2.29. The highest BCUT2D eigenvalue weighted by Gasteiger charge is 2.12. The second kappa shape index (κ2) is 4.28. The largest absolute Gasteiger partial charge is 0.382 e. The zero-order valence-corrected chi connectivity index (χ0v) is 7.62. The minimum atomic E-state index is 0.562. The minimum Gasteiger partial charge on any atom is -0.382 e. The van der Waals surface area contributed by atoms with Gasteiger partial charge in [-0.15, -0.1) is 0 Å². The van der Waals surface area contributed by atoms with E-state index in [9.17, 15) is 0 Å². The van der Waals surface area contributed by atoms with Gasteiger partial charge in [-0.1, -0.05) is 18.2 Å². The van der Waals surface area contributed by atoms with Crippen molar-refractivity contribution in [1.29, 1.82) is 0 Å². The van der Waals surface area contributed by atoms with Crippen LogP contribution in [-0.4, -0.2) is 19.3 Å². The van der Waals surface area contributed by atoms with Gasteiger partial charge in [-0.3, -0.25) is 0 Å². The molecule has 1 fully saturated rings. The van der Waals surface area contributed by atoms with E-state index in [1.807, 2.05) is 18.2 Å². The van der Waals surface area contributed by atoms with E-state index in [1.54, 1.807) is 0 Å². The van der Waals surface area contributed by atoms with Crippen LogP contribution in [0.15, 0.2) is 24.3 Å². The van der Waals surface area contributed by atoms with Gasteiger partial charge in [0.25, 0.3) is 0 Å². The summed E-state index contributed by atoms with van der Waals surface area (Å²) in [5, 5.41) is 3.45. The highest BCUT2D eigenvalue weighted by atomic mass is 16.5. The highest BCUT2D eigenvalue weighted by Crippen LogP contribution is 2.13. The van der Waals surface area contributed by atoms with Gasteiger partial charge < -0.3 is 10.1 Å². The van der Waals surface area contributed by atoms with Gasteiger partial charge in [0, 0.05) is 31.0 Å². The molecule has 1 aliphatic heterocycles. The Hall–Kier alpha value is -1.02. The standard InChI is InChI=1S/C11H14NO/c1-2-4-10(5-3-1)12-11-6-8-13-9-7-11/h1-4,11-12H,6-9H2. The zero-order valence-electron chi connectivity index (χ0n) is 7.62. The predicted molar refractivity (Wildman–Crippen MR) is 52.7 cm³/mol. The molecule has 1 aliphatic rings. The molecule has 69 valence electrons. The van der Waals surface area contributed by atoms with E-state index in [-0.39, 0.29) is 0 Å². The van der Waals surface area contributed by atoms with Gasteiger partial charge in [-0.05, 0) is 18.9 Å². The monoisotopic (exact) mass is 176 g/mol. The molecule has 0 amide bonds. The van der Waals surface area contributed by atoms with E-state index in [0.717, 1.165) is 31.7 Å². The highest BCUT2D eigenvalue weighted by molar-refractivity contribution is 5.42. The summed E-state index contributed by atoms with van der Waals surface area (Å²) in [6.45, 7) is 1.76. The number of hydrogen-bond acceptors (Lipinski definition) is 2. The van der Waals surface area contributed by atoms with E-state index in [2.05, 4.69) is 17.4 Å². The summed E-state index contributed by atoms with van der Waals surface area (Å²) in [5.74, 6) is 0. The van der Waals surface area contributed by atoms with Gasteiger partial charge in [0.15, 0.2) is 0 Å². The van der Waals surface area contributed by atoms with Gasteiger partial charge >= 0.3 is 0 Å². The molecule has 1 radical (unpaired) electrons. The first-order valence-electron chi connectivity index (χ1n) is 4.76. The molecule has 0 spiro atoms. The van der Waals surface area contributed by atoms with Crippen molar-refractivity contribution >= 4 is 5.69 Å². The molecule has 1 saturated heterocycles. The topological polar surface area (TPSA) is 21.3 Å². The lowest BCUT2D eigenvalue weighted by atomic mass is 10.1. The van der Waals surface area contributed by atoms with Crippen LogP contribution in [0.2, 0.25) is 0 Å². The van der Waals surface area contributed by atoms with Gasteiger partial charge in [-0.2, -0.15) is 0 Å². The fraction of sp³-hybridized carbons (Fsp3) is 0.455. The Kier molecular flexibility index (Phi) is 2.82. The quantitative estimate of drug-likeness (QED) is 0.745. The zero-order chi connectivity index (χ0) is 8.93. The number of rotatable bonds is 2. The van der Waals surface area contributed by atoms with Gasteiger partial charge in [0.2, 0.25) is 0 Å². The lowest BCUT2D eigenvalue weighted by Gasteiger charge is -2.23. The molecule has 1 aromatic carbocycles. The van der Waals surface area contributed by atoms with Crippen molar-refractivity contribution in [3.05, 3.63) is 30.3 Å². The Balaban J connectivity index is 1.90. The number of benzene rings is 1. The molecule has 0 bridgehead atoms. The SMILES string of the molecule is [c]1ccccc1NC1CCOCC1. The second-order valence-corrected chi connectivity index (χ2v) is 3.31. The van der Waals surface area contributed by atoms with Gasteiger partial charge in [0.1, 0.15) is 0 Å². The smallest absolute Gasteiger partial charge is 0.0485 e. The number of hydrogen-bond donors (Lipinski definition) is 1. The molecule has 2 heteroatoms. The first-order chi connectivity index (χ1) is 6.45. The van der Waals surface area contributed by atoms with Crippen molar-refractivity contribution in [3.63, 3.8) is 0 Å². The van der Waals surface area contributed by atoms with E-state index in [1.165, 1.54) is 0 Å². The molecule has 0 aliphatic carbocycles. The van der Waals surface area contributed by atoms with Gasteiger partial charge in [-0.25, -0.2) is 0 Å². The predicted octanol–water partition coefficient (Wildman–Crippen LogP) is 2.08. The van der Waals surface area contributed by atoms with Crippen LogP contribution in [0.5, 0.6) is 0 Å². The molecule has 1 heterocycles. The molecule has 13 heavy (non-hydrogen) atoms. The number of anilines is 1. The van der Waals surface area contributed by atoms with Crippen LogP contribution in [0.4, 0.5) is 5.69 Å². The van der Waals surface area contributed by atoms with Crippen LogP contribution in [0.25, 0.3) is 0 Å². The fourth-order valence-electron chi connectivity index (χ4n) is 1.54. The number of nitrogens with one attached hydrogen (secondary N) is 1. The summed E-state index contributed by atoms with van der Waals surface area (Å²) in [7, 11) is 0. The molecular weight excluding hydrogens is 162 g/mol. The average molecular weight is 176 g/mol. The van der Waals surface area contributed by atoms with Crippen molar-refractivity contribution in [3.8, 4) is 0 Å². The van der Waals surface area contributed by atoms with Crippen molar-refractivity contribution in [2.24, 2.45) is 0 Å². The maximum atomic E-state index is 5.29. The summed E-state index contributed by atoms with van der Waals surface area (Å²) in [4.78, 5) is 0. The molecule has 0 aromatic heterocycles. The van der Waals surface area contributed by atoms with Crippen molar-refractivity contribution in [1.82, 2.24) is 0 Å². The van der Waals surface area contributed by atoms with E-state index in [4.69, 9.17) is 4.74 Å². The van der Waals surface area contributed by atoms with E-state index in [0.29, 0.717) is 6.04 Å². The molecular formula is C11H14NO. The maximum Gasteiger partial charge on any atom is 0.0485 e. The molecule has 0 atom stereocenters. The first-order valence-corrected chi connectivity index (χ1v) is 4.76. The Morgan fingerprint density at radius 2 is 2.15 bits per heavy atom. The Morgan fingerprint density at radius 3 is 2.85 bits per heavy atom. The molecule has 2 nitrogen and oxygen atoms in total. The van der Waals surface area contributed by atoms with Crippen LogP contribution < -0.4 is 5.32 Å². The van der Waals surface area contributed by atoms with Gasteiger partial charge in [0.05, 0.1) is 0 Å². The van der Waals surface area contributed by atoms with Crippen LogP contribution in [0, 0.1) is 6.07 Å². The van der Waals surface area contributed by atoms with Crippen molar-refractivity contribution in [2.45, 2.75) is 18.9 Å². The van der Waals surface area contributed by atoms with Crippen LogP contribution in [-0.2, 0) is 4.74 Å². The summed E-state index contributed by atoms with van der Waals surface area (Å²) in [6, 6.07) is 11.7. The first kappa shape index (κ1) is 8.57. The average Bonchev–Trinajstić information content (AvgIpc) is 2.21. The maximum absolute atomic E-state index is 5.29. The third-order valence-electron chi connectivity index (χ3n) is 2.29. The second-order valence-electron chi connectivity index (χ2n) is 3.31. The minimum absolute atomic E-state index is 0.562. The summed E-state index contributed by atoms with van der Waals surface area (Å²) < 4.78 is 5.29. The summed E-state index contributed by atoms with van der Waals surface area (Å²) in [6.07, 6.45) is 2.20. The van der Waals surface area contributed by atoms with E-state index < -0.39 is 0 Å². The molecule has 0 saturated carbocycles. The lowest BCUT2D eigenvalue weighted by Crippen LogP contribution is -2.27. The Labute approximate surface area is 78.9 Å².